The summed E-state index contributed by atoms with van der Waals surface area (Å²) >= 11 is 0. The van der Waals surface area contributed by atoms with Crippen molar-refractivity contribution < 1.29 is 12.9 Å². The Morgan fingerprint density at radius 2 is 2.38 bits per heavy atom. The van der Waals surface area contributed by atoms with E-state index >= 15 is 0 Å². The molecule has 0 saturated carbocycles. The van der Waals surface area contributed by atoms with E-state index in [-0.39, 0.29) is 18.8 Å². The highest BCUT2D eigenvalue weighted by molar-refractivity contribution is 7.89. The fourth-order valence-corrected chi connectivity index (χ4v) is 1.48. The maximum absolute atomic E-state index is 11.0. The maximum atomic E-state index is 11.0. The highest BCUT2D eigenvalue weighted by Gasteiger charge is 2.09. The minimum absolute atomic E-state index is 0.0266. The summed E-state index contributed by atoms with van der Waals surface area (Å²) in [4.78, 5) is 3.64. The van der Waals surface area contributed by atoms with Gasteiger partial charge in [-0.15, -0.1) is 0 Å². The SMILES string of the molecule is NCCS(=O)(=O)NCc1ncon1. The first-order chi connectivity index (χ1) is 6.14. The number of nitrogens with one attached hydrogen (secondary N) is 1. The van der Waals surface area contributed by atoms with Crippen molar-refractivity contribution in [3.05, 3.63) is 12.2 Å². The predicted molar refractivity (Wildman–Crippen MR) is 44.0 cm³/mol. The van der Waals surface area contributed by atoms with Gasteiger partial charge in [0, 0.05) is 6.54 Å². The molecule has 7 nitrogen and oxygen atoms in total. The van der Waals surface area contributed by atoms with Crippen molar-refractivity contribution in [3.8, 4) is 0 Å². The molecular weight excluding hydrogens is 196 g/mol. The zero-order valence-electron chi connectivity index (χ0n) is 6.80. The maximum Gasteiger partial charge on any atom is 0.213 e. The van der Waals surface area contributed by atoms with Gasteiger partial charge in [0.05, 0.1) is 12.3 Å². The second kappa shape index (κ2) is 4.30. The zero-order valence-corrected chi connectivity index (χ0v) is 7.62. The van der Waals surface area contributed by atoms with Gasteiger partial charge in [0.15, 0.2) is 5.82 Å². The van der Waals surface area contributed by atoms with Crippen molar-refractivity contribution in [1.29, 1.82) is 0 Å². The molecule has 0 spiro atoms. The standard InChI is InChI=1S/C5H10N4O3S/c6-1-2-13(10,11)8-3-5-7-4-12-9-5/h4,8H,1-3,6H2. The minimum atomic E-state index is -3.30. The van der Waals surface area contributed by atoms with Crippen LogP contribution in [-0.4, -0.2) is 30.9 Å². The van der Waals surface area contributed by atoms with Gasteiger partial charge in [0.25, 0.3) is 0 Å². The van der Waals surface area contributed by atoms with E-state index in [1.54, 1.807) is 0 Å². The monoisotopic (exact) mass is 206 g/mol. The molecule has 0 fully saturated rings. The molecule has 0 bridgehead atoms. The number of nitrogens with two attached hydrogens (primary N) is 1. The average molecular weight is 206 g/mol. The molecule has 0 aliphatic carbocycles. The number of hydrogen-bond acceptors (Lipinski definition) is 6. The first-order valence-electron chi connectivity index (χ1n) is 3.57. The molecule has 3 N–H and O–H groups in total. The van der Waals surface area contributed by atoms with E-state index in [1.165, 1.54) is 0 Å². The van der Waals surface area contributed by atoms with Crippen molar-refractivity contribution in [2.45, 2.75) is 6.54 Å². The van der Waals surface area contributed by atoms with E-state index in [0.717, 1.165) is 6.39 Å². The largest absolute Gasteiger partial charge is 0.343 e. The van der Waals surface area contributed by atoms with Crippen LogP contribution in [0, 0.1) is 0 Å². The molecule has 0 amide bonds. The van der Waals surface area contributed by atoms with E-state index < -0.39 is 10.0 Å². The molecule has 0 aliphatic rings. The summed E-state index contributed by atoms with van der Waals surface area (Å²) in [6.07, 6.45) is 1.13. The molecule has 1 heterocycles. The Morgan fingerprint density at radius 1 is 1.62 bits per heavy atom. The van der Waals surface area contributed by atoms with Crippen molar-refractivity contribution >= 4 is 10.0 Å². The molecule has 8 heteroatoms. The number of hydrogen-bond donors (Lipinski definition) is 2. The minimum Gasteiger partial charge on any atom is -0.343 e. The van der Waals surface area contributed by atoms with Crippen LogP contribution in [0.1, 0.15) is 5.82 Å². The fraction of sp³-hybridized carbons (Fsp3) is 0.600. The lowest BCUT2D eigenvalue weighted by Gasteiger charge is -2.01. The molecule has 0 aliphatic heterocycles. The van der Waals surface area contributed by atoms with Gasteiger partial charge in [-0.05, 0) is 0 Å². The predicted octanol–water partition coefficient (Wildman–Crippen LogP) is -1.55. The van der Waals surface area contributed by atoms with Crippen molar-refractivity contribution in [2.75, 3.05) is 12.3 Å². The van der Waals surface area contributed by atoms with Crippen LogP contribution in [0.2, 0.25) is 0 Å². The van der Waals surface area contributed by atoms with Gasteiger partial charge in [0.2, 0.25) is 16.4 Å². The second-order valence-electron chi connectivity index (χ2n) is 2.28. The lowest BCUT2D eigenvalue weighted by molar-refractivity contribution is 0.409. The van der Waals surface area contributed by atoms with Crippen molar-refractivity contribution in [2.24, 2.45) is 5.73 Å². The van der Waals surface area contributed by atoms with Gasteiger partial charge in [-0.1, -0.05) is 5.16 Å². The molecule has 1 aromatic heterocycles. The average Bonchev–Trinajstić information content (AvgIpc) is 2.52. The van der Waals surface area contributed by atoms with Gasteiger partial charge >= 0.3 is 0 Å². The number of sulfonamides is 1. The third-order valence-electron chi connectivity index (χ3n) is 1.24. The Hall–Kier alpha value is -0.990. The zero-order chi connectivity index (χ0) is 9.73. The molecular formula is C5H10N4O3S. The number of rotatable bonds is 5. The summed E-state index contributed by atoms with van der Waals surface area (Å²) in [5, 5.41) is 3.44. The highest BCUT2D eigenvalue weighted by atomic mass is 32.2. The van der Waals surface area contributed by atoms with E-state index in [9.17, 15) is 8.42 Å². The van der Waals surface area contributed by atoms with Gasteiger partial charge in [-0.2, -0.15) is 4.98 Å². The first-order valence-corrected chi connectivity index (χ1v) is 5.22. The lowest BCUT2D eigenvalue weighted by Crippen LogP contribution is -2.29. The molecule has 0 atom stereocenters. The van der Waals surface area contributed by atoms with Gasteiger partial charge in [0.1, 0.15) is 0 Å². The summed E-state index contributed by atoms with van der Waals surface area (Å²) in [5.41, 5.74) is 5.09. The number of aromatic nitrogens is 2. The van der Waals surface area contributed by atoms with Crippen LogP contribution in [0.5, 0.6) is 0 Å². The Bertz CT molecular complexity index is 333. The Labute approximate surface area is 75.4 Å². The summed E-state index contributed by atoms with van der Waals surface area (Å²) in [6.45, 7) is 0.112. The number of nitrogens with zero attached hydrogens (tertiary/aromatic N) is 2. The first kappa shape index (κ1) is 10.1. The lowest BCUT2D eigenvalue weighted by atomic mass is 10.6. The molecule has 0 radical (unpaired) electrons. The van der Waals surface area contributed by atoms with Crippen molar-refractivity contribution in [3.63, 3.8) is 0 Å². The Balaban J connectivity index is 2.43. The van der Waals surface area contributed by atoms with Crippen LogP contribution >= 0.6 is 0 Å². The molecule has 13 heavy (non-hydrogen) atoms. The van der Waals surface area contributed by atoms with E-state index in [1.807, 2.05) is 0 Å². The normalized spacial score (nSPS) is 11.8. The van der Waals surface area contributed by atoms with Crippen LogP contribution in [0.3, 0.4) is 0 Å². The van der Waals surface area contributed by atoms with Crippen LogP contribution in [0.4, 0.5) is 0 Å². The van der Waals surface area contributed by atoms with Crippen LogP contribution in [0.15, 0.2) is 10.9 Å². The Morgan fingerprint density at radius 3 is 2.92 bits per heavy atom. The summed E-state index contributed by atoms with van der Waals surface area (Å²) in [7, 11) is -3.30. The molecule has 1 rings (SSSR count). The van der Waals surface area contributed by atoms with Crippen LogP contribution < -0.4 is 10.5 Å². The van der Waals surface area contributed by atoms with Gasteiger partial charge in [-0.25, -0.2) is 13.1 Å². The molecule has 74 valence electrons. The fourth-order valence-electron chi connectivity index (χ4n) is 0.672. The molecule has 1 aromatic rings. The van der Waals surface area contributed by atoms with E-state index in [0.29, 0.717) is 5.82 Å². The molecule has 0 unspecified atom stereocenters. The molecule has 0 aromatic carbocycles. The smallest absolute Gasteiger partial charge is 0.213 e. The molecule has 0 saturated heterocycles. The second-order valence-corrected chi connectivity index (χ2v) is 4.20. The van der Waals surface area contributed by atoms with Gasteiger partial charge in [-0.3, -0.25) is 0 Å². The Kier molecular flexibility index (Phi) is 3.34. The van der Waals surface area contributed by atoms with E-state index in [4.69, 9.17) is 5.73 Å². The van der Waals surface area contributed by atoms with E-state index in [2.05, 4.69) is 19.4 Å². The summed E-state index contributed by atoms with van der Waals surface area (Å²) in [6, 6.07) is 0. The highest BCUT2D eigenvalue weighted by Crippen LogP contribution is 1.89. The van der Waals surface area contributed by atoms with Gasteiger partial charge < -0.3 is 10.3 Å². The van der Waals surface area contributed by atoms with Crippen molar-refractivity contribution in [1.82, 2.24) is 14.9 Å². The van der Waals surface area contributed by atoms with Crippen LogP contribution in [0.25, 0.3) is 0 Å². The third kappa shape index (κ3) is 3.49. The quantitative estimate of drug-likeness (QED) is 0.603. The summed E-state index contributed by atoms with van der Waals surface area (Å²) < 4.78 is 28.8. The third-order valence-corrected chi connectivity index (χ3v) is 2.60. The van der Waals surface area contributed by atoms with Crippen LogP contribution in [-0.2, 0) is 16.6 Å². The summed E-state index contributed by atoms with van der Waals surface area (Å²) in [5.74, 6) is 0.186. The topological polar surface area (TPSA) is 111 Å².